The van der Waals surface area contributed by atoms with Gasteiger partial charge in [-0.15, -0.1) is 0 Å². The molecule has 0 spiro atoms. The lowest BCUT2D eigenvalue weighted by atomic mass is 9.98. The van der Waals surface area contributed by atoms with Crippen molar-refractivity contribution in [2.75, 3.05) is 49.7 Å². The minimum atomic E-state index is -0.307. The van der Waals surface area contributed by atoms with Gasteiger partial charge in [-0.25, -0.2) is 4.79 Å². The molecule has 0 amide bonds. The molecular weight excluding hydrogens is 1850 g/mol. The van der Waals surface area contributed by atoms with E-state index in [1.165, 1.54) is 72.3 Å². The fourth-order valence-corrected chi connectivity index (χ4v) is 19.2. The molecule has 0 aromatic heterocycles. The van der Waals surface area contributed by atoms with Gasteiger partial charge in [-0.3, -0.25) is 0 Å². The molecule has 150 heavy (non-hydrogen) atoms. The number of carbonyl (C=O) groups excluding carboxylic acids is 1. The molecular formula is C134H128N6O10. The minimum Gasteiger partial charge on any atom is -0.497 e. The second kappa shape index (κ2) is 44.5. The van der Waals surface area contributed by atoms with Crippen molar-refractivity contribution in [2.45, 2.75) is 150 Å². The largest absolute Gasteiger partial charge is 0.497 e. The second-order valence-electron chi connectivity index (χ2n) is 39.5. The summed E-state index contributed by atoms with van der Waals surface area (Å²) in [6.45, 7) is 38.8. The highest BCUT2D eigenvalue weighted by Gasteiger charge is 2.34. The van der Waals surface area contributed by atoms with Crippen LogP contribution in [0.1, 0.15) is 147 Å². The summed E-state index contributed by atoms with van der Waals surface area (Å²) >= 11 is 0. The lowest BCUT2D eigenvalue weighted by Gasteiger charge is -2.33. The third-order valence-corrected chi connectivity index (χ3v) is 27.3. The molecule has 6 aliphatic rings. The zero-order chi connectivity index (χ0) is 105. The predicted octanol–water partition coefficient (Wildman–Crippen LogP) is 38.8. The Labute approximate surface area is 883 Å². The number of fused-ring (bicyclic) bond motifs is 12. The van der Waals surface area contributed by atoms with Gasteiger partial charge in [0.25, 0.3) is 0 Å². The van der Waals surface area contributed by atoms with Crippen molar-refractivity contribution in [1.29, 1.82) is 0 Å². The van der Waals surface area contributed by atoms with Crippen LogP contribution in [0, 0.1) is 96.9 Å². The monoisotopic (exact) mass is 1980 g/mol. The average Bonchev–Trinajstić information content (AvgIpc) is 0.771. The molecule has 0 bridgehead atoms. The van der Waals surface area contributed by atoms with Gasteiger partial charge >= 0.3 is 5.97 Å². The van der Waals surface area contributed by atoms with Crippen LogP contribution in [0.2, 0.25) is 0 Å². The first-order valence-corrected chi connectivity index (χ1v) is 51.7. The van der Waals surface area contributed by atoms with Gasteiger partial charge in [-0.05, 0) is 455 Å². The average molecular weight is 1980 g/mol. The number of methoxy groups -OCH3 is 1. The molecule has 18 aromatic rings. The number of unbranched alkanes of at least 4 members (excludes halogenated alkanes) is 1. The summed E-state index contributed by atoms with van der Waals surface area (Å²) in [5.41, 5.74) is 37.9. The molecule has 6 aliphatic heterocycles. The fraction of sp³-hybridized carbons (Fsp3) is 0.187. The summed E-state index contributed by atoms with van der Waals surface area (Å²) in [5.74, 6) is 12.7. The van der Waals surface area contributed by atoms with Gasteiger partial charge in [0.1, 0.15) is 11.5 Å². The Bertz CT molecular complexity index is 7690. The number of benzene rings is 18. The lowest BCUT2D eigenvalue weighted by Crippen LogP contribution is -2.16. The predicted molar refractivity (Wildman–Crippen MR) is 615 cm³/mol. The summed E-state index contributed by atoms with van der Waals surface area (Å²) in [4.78, 5) is 25.4. The van der Waals surface area contributed by atoms with E-state index in [0.717, 1.165) is 220 Å². The van der Waals surface area contributed by atoms with E-state index < -0.39 is 0 Å². The van der Waals surface area contributed by atoms with Crippen molar-refractivity contribution in [3.05, 3.63) is 453 Å². The Kier molecular flexibility index (Phi) is 30.1. The Morgan fingerprint density at radius 3 is 0.700 bits per heavy atom. The number of rotatable bonds is 15. The molecule has 0 saturated heterocycles. The van der Waals surface area contributed by atoms with Crippen molar-refractivity contribution in [3.8, 4) is 80.5 Å². The molecule has 754 valence electrons. The Hall–Kier alpha value is -17.4. The van der Waals surface area contributed by atoms with E-state index in [0.29, 0.717) is 18.1 Å². The van der Waals surface area contributed by atoms with Crippen molar-refractivity contribution in [1.82, 2.24) is 0 Å². The maximum atomic E-state index is 11.9. The number of aryl methyl sites for hydroxylation is 14. The molecule has 0 aliphatic carbocycles. The normalized spacial score (nSPS) is 12.5. The maximum absolute atomic E-state index is 11.9. The summed E-state index contributed by atoms with van der Waals surface area (Å²) < 4.78 is 53.3. The molecule has 0 fully saturated rings. The van der Waals surface area contributed by atoms with Crippen LogP contribution in [0.4, 0.5) is 102 Å². The van der Waals surface area contributed by atoms with Crippen molar-refractivity contribution < 1.29 is 47.4 Å². The zero-order valence-electron chi connectivity index (χ0n) is 89.0. The van der Waals surface area contributed by atoms with Crippen LogP contribution in [-0.4, -0.2) is 26.3 Å². The molecule has 0 radical (unpaired) electrons. The highest BCUT2D eigenvalue weighted by atomic mass is 16.5. The third-order valence-electron chi connectivity index (χ3n) is 27.3. The summed E-state index contributed by atoms with van der Waals surface area (Å²) in [5, 5.41) is 0. The van der Waals surface area contributed by atoms with Crippen LogP contribution in [0.5, 0.6) is 80.5 Å². The SMILES string of the molecule is CCC(C)c1ccc(N2c3ccc(C)cc3Oc3cc(C)ccc32)cc1.CCCCOc1ccc(N2c3ccc(C)cc3Oc3cc(C)ccc32)cc1.CCOC(=O)c1ccc(N2c3ccc(C)cc3Oc3cc(C)ccc32)cc1.COc1ccc(N2c3ccc(C)cc3Oc3cc(C)ccc32)cc1.Cc1ccc(N2c3ccc(C)cc3Oc3cc(C)ccc32)cc1.Cc1cccc(N2c3ccc(C)cc3Oc3cc(C)ccc32)c1. The van der Waals surface area contributed by atoms with E-state index in [-0.39, 0.29) is 5.97 Å². The van der Waals surface area contributed by atoms with Crippen LogP contribution in [0.3, 0.4) is 0 Å². The van der Waals surface area contributed by atoms with Crippen LogP contribution >= 0.6 is 0 Å². The minimum absolute atomic E-state index is 0.307. The van der Waals surface area contributed by atoms with Gasteiger partial charge in [-0.2, -0.15) is 0 Å². The molecule has 24 rings (SSSR count). The molecule has 16 heteroatoms. The number of carbonyl (C=O) groups is 1. The molecule has 0 saturated carbocycles. The number of hydrogen-bond acceptors (Lipinski definition) is 16. The Morgan fingerprint density at radius 2 is 0.467 bits per heavy atom. The smallest absolute Gasteiger partial charge is 0.338 e. The second-order valence-corrected chi connectivity index (χ2v) is 39.5. The lowest BCUT2D eigenvalue weighted by molar-refractivity contribution is 0.0526. The first-order valence-electron chi connectivity index (χ1n) is 51.7. The quantitative estimate of drug-likeness (QED) is 0.0715. The van der Waals surface area contributed by atoms with Gasteiger partial charge in [0.15, 0.2) is 69.0 Å². The van der Waals surface area contributed by atoms with Gasteiger partial charge in [-0.1, -0.05) is 142 Å². The number of nitrogens with zero attached hydrogens (tertiary/aromatic N) is 6. The van der Waals surface area contributed by atoms with E-state index in [4.69, 9.17) is 42.6 Å². The van der Waals surface area contributed by atoms with Crippen molar-refractivity contribution >= 4 is 108 Å². The standard InChI is InChI=1S/C24H25NO2.C24H25NO.C23H21NO3.C21H19NO2.2C21H19NO/c1-4-5-14-26-20-10-8-19(9-11-20)25-21-12-6-17(2)15-23(21)27-24-16-18(3)7-13-22(24)25;1-5-18(4)19-8-10-20(11-9-19)25-21-12-6-16(2)14-23(21)26-24-15-17(3)7-13-22(24)25;1-4-26-23(25)17-7-9-18(10-8-17)24-19-11-5-15(2)13-21(19)27-22-14-16(3)6-12-20(22)24;1-14-4-10-18-20(12-14)24-21-13-15(2)5-11-19(21)22(18)16-6-8-17(23-3)9-7-16;1-14-4-8-17(9-5-14)22-18-10-6-15(2)12-20(18)23-21-13-16(3)7-11-19(21)22;1-14-5-4-6-17(11-14)22-18-9-7-15(2)12-20(18)23-21-13-16(3)8-10-19(21)22/h6-13,15-16H,4-5,14H2,1-3H3;6-15,18H,5H2,1-4H3;5-14H,4H2,1-3H3;4-13H,1-3H3;2*4-13H,1-3H3. The fourth-order valence-electron chi connectivity index (χ4n) is 19.2. The molecule has 16 nitrogen and oxygen atoms in total. The Morgan fingerprint density at radius 1 is 0.247 bits per heavy atom. The summed E-state index contributed by atoms with van der Waals surface area (Å²) in [6.07, 6.45) is 3.37. The van der Waals surface area contributed by atoms with Crippen LogP contribution in [0.25, 0.3) is 0 Å². The van der Waals surface area contributed by atoms with Gasteiger partial charge in [0.2, 0.25) is 0 Å². The zero-order valence-corrected chi connectivity index (χ0v) is 89.0. The van der Waals surface area contributed by atoms with E-state index in [9.17, 15) is 4.79 Å². The third kappa shape index (κ3) is 22.2. The summed E-state index contributed by atoms with van der Waals surface area (Å²) in [6, 6.07) is 126. The van der Waals surface area contributed by atoms with E-state index >= 15 is 0 Å². The highest BCUT2D eigenvalue weighted by Crippen LogP contribution is 2.59. The highest BCUT2D eigenvalue weighted by molar-refractivity contribution is 5.95. The van der Waals surface area contributed by atoms with Gasteiger partial charge in [0, 0.05) is 34.1 Å². The van der Waals surface area contributed by atoms with Crippen LogP contribution in [0.15, 0.2) is 364 Å². The maximum Gasteiger partial charge on any atom is 0.338 e. The van der Waals surface area contributed by atoms with Crippen molar-refractivity contribution in [3.63, 3.8) is 0 Å². The van der Waals surface area contributed by atoms with Crippen molar-refractivity contribution in [2.24, 2.45) is 0 Å². The molecule has 1 atom stereocenters. The number of anilines is 18. The molecule has 18 aromatic carbocycles. The van der Waals surface area contributed by atoms with E-state index in [1.807, 2.05) is 62.4 Å². The van der Waals surface area contributed by atoms with E-state index in [2.05, 4.69) is 437 Å². The topological polar surface area (TPSA) is 120 Å². The van der Waals surface area contributed by atoms with Gasteiger partial charge in [0.05, 0.1) is 94.1 Å². The molecule has 0 N–H and O–H groups in total. The Balaban J connectivity index is 0.000000113. The number of hydrogen-bond donors (Lipinski definition) is 0. The first kappa shape index (κ1) is 101. The van der Waals surface area contributed by atoms with Gasteiger partial charge < -0.3 is 72.0 Å². The van der Waals surface area contributed by atoms with E-state index in [1.54, 1.807) is 26.2 Å². The number of ether oxygens (including phenoxy) is 9. The summed E-state index contributed by atoms with van der Waals surface area (Å²) in [7, 11) is 1.68. The number of esters is 1. The first-order chi connectivity index (χ1) is 72.7. The molecule has 6 heterocycles. The van der Waals surface area contributed by atoms with Crippen LogP contribution in [-0.2, 0) is 4.74 Å². The molecule has 1 unspecified atom stereocenters. The van der Waals surface area contributed by atoms with Crippen LogP contribution < -0.4 is 67.3 Å².